The van der Waals surface area contributed by atoms with Gasteiger partial charge in [-0.15, -0.1) is 0 Å². The Morgan fingerprint density at radius 1 is 1.12 bits per heavy atom. The molecular weight excluding hydrogens is 454 g/mol. The Hall–Kier alpha value is -2.42. The van der Waals surface area contributed by atoms with Gasteiger partial charge < -0.3 is 25.4 Å². The lowest BCUT2D eigenvalue weighted by molar-refractivity contribution is -0.144. The Labute approximate surface area is 208 Å². The molecule has 34 heavy (non-hydrogen) atoms. The van der Waals surface area contributed by atoms with Gasteiger partial charge in [0.15, 0.2) is 0 Å². The maximum Gasteiger partial charge on any atom is 0.408 e. The summed E-state index contributed by atoms with van der Waals surface area (Å²) in [6.45, 7) is 8.85. The van der Waals surface area contributed by atoms with Crippen molar-refractivity contribution in [3.63, 3.8) is 0 Å². The van der Waals surface area contributed by atoms with Crippen LogP contribution in [0.3, 0.4) is 0 Å². The van der Waals surface area contributed by atoms with E-state index in [0.29, 0.717) is 5.56 Å². The van der Waals surface area contributed by atoms with E-state index in [0.717, 1.165) is 32.1 Å². The van der Waals surface area contributed by atoms with Crippen LogP contribution in [0.25, 0.3) is 0 Å². The van der Waals surface area contributed by atoms with Gasteiger partial charge in [0.2, 0.25) is 11.8 Å². The largest absolute Gasteiger partial charge is 0.508 e. The molecule has 1 aromatic carbocycles. The van der Waals surface area contributed by atoms with Crippen molar-refractivity contribution in [1.29, 1.82) is 0 Å². The molecule has 8 nitrogen and oxygen atoms in total. The number of phenolic OH excluding ortho intramolecular Hbond substituents is 1. The van der Waals surface area contributed by atoms with Crippen molar-refractivity contribution in [2.75, 3.05) is 5.75 Å². The number of benzene rings is 1. The summed E-state index contributed by atoms with van der Waals surface area (Å²) in [7, 11) is 0. The summed E-state index contributed by atoms with van der Waals surface area (Å²) in [5, 5.41) is 15.5. The molecule has 0 spiro atoms. The zero-order valence-corrected chi connectivity index (χ0v) is 21.7. The fourth-order valence-electron chi connectivity index (χ4n) is 4.12. The summed E-state index contributed by atoms with van der Waals surface area (Å²) < 4.78 is 5.30. The number of thiol groups is 1. The van der Waals surface area contributed by atoms with Crippen LogP contribution in [-0.4, -0.2) is 57.4 Å². The molecule has 0 aromatic heterocycles. The first-order valence-electron chi connectivity index (χ1n) is 11.9. The van der Waals surface area contributed by atoms with Crippen LogP contribution in [0.2, 0.25) is 0 Å². The number of carbonyl (C=O) groups excluding carboxylic acids is 3. The molecule has 1 fully saturated rings. The Bertz CT molecular complexity index is 832. The zero-order valence-electron chi connectivity index (χ0n) is 20.8. The highest BCUT2D eigenvalue weighted by molar-refractivity contribution is 7.80. The maximum atomic E-state index is 13.7. The Kier molecular flexibility index (Phi) is 10.1. The molecule has 0 bridgehead atoms. The van der Waals surface area contributed by atoms with Crippen molar-refractivity contribution < 1.29 is 24.2 Å². The van der Waals surface area contributed by atoms with E-state index in [2.05, 4.69) is 23.3 Å². The van der Waals surface area contributed by atoms with Gasteiger partial charge in [0.25, 0.3) is 0 Å². The van der Waals surface area contributed by atoms with Crippen molar-refractivity contribution in [3.05, 3.63) is 29.8 Å². The summed E-state index contributed by atoms with van der Waals surface area (Å²) in [5.41, 5.74) is -0.149. The van der Waals surface area contributed by atoms with E-state index in [4.69, 9.17) is 4.74 Å². The molecule has 1 aromatic rings. The average Bonchev–Trinajstić information content (AvgIpc) is 2.75. The molecule has 0 saturated heterocycles. The lowest BCUT2D eigenvalue weighted by Gasteiger charge is -2.38. The molecule has 3 N–H and O–H groups in total. The molecule has 0 heterocycles. The van der Waals surface area contributed by atoms with Crippen LogP contribution in [0.1, 0.15) is 78.3 Å². The first-order valence-corrected chi connectivity index (χ1v) is 12.6. The molecule has 1 aliphatic rings. The van der Waals surface area contributed by atoms with E-state index in [1.807, 2.05) is 13.8 Å². The lowest BCUT2D eigenvalue weighted by atomic mass is 9.94. The van der Waals surface area contributed by atoms with Gasteiger partial charge in [0.1, 0.15) is 23.4 Å². The standard InChI is InChI=1S/C25H39N3O5S/c1-16(2)28(23(31)20(15-34)27-24(32)33-25(3,4)5)21(17-11-13-19(29)14-12-17)22(30)26-18-9-7-6-8-10-18/h11-14,16,18,20-21,29,34H,6-10,15H2,1-5H3,(H,26,30)(H,27,32). The van der Waals surface area contributed by atoms with Gasteiger partial charge in [-0.05, 0) is 65.2 Å². The van der Waals surface area contributed by atoms with E-state index >= 15 is 0 Å². The van der Waals surface area contributed by atoms with Gasteiger partial charge in [-0.25, -0.2) is 4.79 Å². The van der Waals surface area contributed by atoms with Gasteiger partial charge in [-0.2, -0.15) is 12.6 Å². The SMILES string of the molecule is CC(C)N(C(=O)C(CS)NC(=O)OC(C)(C)C)C(C(=O)NC1CCCCC1)c1ccc(O)cc1. The number of amides is 3. The molecule has 190 valence electrons. The molecule has 9 heteroatoms. The van der Waals surface area contributed by atoms with Gasteiger partial charge in [-0.1, -0.05) is 31.4 Å². The summed E-state index contributed by atoms with van der Waals surface area (Å²) >= 11 is 4.28. The third-order valence-corrected chi connectivity index (χ3v) is 6.03. The fraction of sp³-hybridized carbons (Fsp3) is 0.640. The fourth-order valence-corrected chi connectivity index (χ4v) is 4.36. The minimum absolute atomic E-state index is 0.0356. The number of rotatable bonds is 8. The molecular formula is C25H39N3O5S. The smallest absolute Gasteiger partial charge is 0.408 e. The number of carbonyl (C=O) groups is 3. The number of nitrogens with one attached hydrogen (secondary N) is 2. The second kappa shape index (κ2) is 12.3. The lowest BCUT2D eigenvalue weighted by Crippen LogP contribution is -2.56. The molecule has 0 radical (unpaired) electrons. The van der Waals surface area contributed by atoms with Gasteiger partial charge >= 0.3 is 6.09 Å². The third kappa shape index (κ3) is 8.11. The van der Waals surface area contributed by atoms with Crippen molar-refractivity contribution >= 4 is 30.5 Å². The summed E-state index contributed by atoms with van der Waals surface area (Å²) in [6.07, 6.45) is 4.36. The number of aromatic hydroxyl groups is 1. The molecule has 1 aliphatic carbocycles. The van der Waals surface area contributed by atoms with E-state index in [1.165, 1.54) is 17.0 Å². The van der Waals surface area contributed by atoms with E-state index in [1.54, 1.807) is 32.9 Å². The van der Waals surface area contributed by atoms with Crippen LogP contribution < -0.4 is 10.6 Å². The highest BCUT2D eigenvalue weighted by atomic mass is 32.1. The number of alkyl carbamates (subject to hydrolysis) is 1. The van der Waals surface area contributed by atoms with Crippen molar-refractivity contribution in [2.45, 2.75) is 96.5 Å². The van der Waals surface area contributed by atoms with Gasteiger partial charge in [-0.3, -0.25) is 9.59 Å². The number of hydrogen-bond donors (Lipinski definition) is 4. The zero-order chi connectivity index (χ0) is 25.5. The van der Waals surface area contributed by atoms with Gasteiger partial charge in [0.05, 0.1) is 0 Å². The topological polar surface area (TPSA) is 108 Å². The molecule has 0 aliphatic heterocycles. The number of nitrogens with zero attached hydrogens (tertiary/aromatic N) is 1. The Morgan fingerprint density at radius 2 is 1.71 bits per heavy atom. The predicted molar refractivity (Wildman–Crippen MR) is 135 cm³/mol. The van der Waals surface area contributed by atoms with E-state index in [9.17, 15) is 19.5 Å². The number of hydrogen-bond acceptors (Lipinski definition) is 6. The second-order valence-electron chi connectivity index (χ2n) is 10.1. The number of ether oxygens (including phenoxy) is 1. The van der Waals surface area contributed by atoms with Crippen molar-refractivity contribution in [1.82, 2.24) is 15.5 Å². The van der Waals surface area contributed by atoms with Gasteiger partial charge in [0, 0.05) is 17.8 Å². The monoisotopic (exact) mass is 493 g/mol. The van der Waals surface area contributed by atoms with Crippen LogP contribution in [0, 0.1) is 0 Å². The van der Waals surface area contributed by atoms with Crippen molar-refractivity contribution in [2.24, 2.45) is 0 Å². The highest BCUT2D eigenvalue weighted by Gasteiger charge is 2.38. The second-order valence-corrected chi connectivity index (χ2v) is 10.4. The normalized spacial score (nSPS) is 16.4. The van der Waals surface area contributed by atoms with Crippen LogP contribution in [0.4, 0.5) is 4.79 Å². The highest BCUT2D eigenvalue weighted by Crippen LogP contribution is 2.28. The average molecular weight is 494 g/mol. The maximum absolute atomic E-state index is 13.7. The molecule has 2 atom stereocenters. The van der Waals surface area contributed by atoms with Crippen LogP contribution >= 0.6 is 12.6 Å². The Balaban J connectivity index is 2.35. The van der Waals surface area contributed by atoms with E-state index < -0.39 is 29.7 Å². The van der Waals surface area contributed by atoms with E-state index in [-0.39, 0.29) is 29.5 Å². The summed E-state index contributed by atoms with van der Waals surface area (Å²) in [5.74, 6) is -0.617. The van der Waals surface area contributed by atoms with Crippen molar-refractivity contribution in [3.8, 4) is 5.75 Å². The first kappa shape index (κ1) is 27.8. The quantitative estimate of drug-likeness (QED) is 0.410. The molecule has 2 unspecified atom stereocenters. The van der Waals surface area contributed by atoms with Crippen LogP contribution in [0.5, 0.6) is 5.75 Å². The summed E-state index contributed by atoms with van der Waals surface area (Å²) in [6, 6.07) is 4.06. The predicted octanol–water partition coefficient (Wildman–Crippen LogP) is 3.94. The number of phenols is 1. The third-order valence-electron chi connectivity index (χ3n) is 5.67. The van der Waals surface area contributed by atoms with Crippen LogP contribution in [-0.2, 0) is 14.3 Å². The molecule has 1 saturated carbocycles. The minimum Gasteiger partial charge on any atom is -0.508 e. The Morgan fingerprint density at radius 3 is 2.21 bits per heavy atom. The first-order chi connectivity index (χ1) is 15.9. The minimum atomic E-state index is -0.984. The molecule has 2 rings (SSSR count). The van der Waals surface area contributed by atoms with Crippen LogP contribution in [0.15, 0.2) is 24.3 Å². The molecule has 3 amide bonds. The summed E-state index contributed by atoms with van der Waals surface area (Å²) in [4.78, 5) is 41.1.